The van der Waals surface area contributed by atoms with Gasteiger partial charge in [0.2, 0.25) is 11.8 Å². The van der Waals surface area contributed by atoms with E-state index in [-0.39, 0.29) is 30.2 Å². The lowest BCUT2D eigenvalue weighted by Gasteiger charge is -2.15. The van der Waals surface area contributed by atoms with E-state index in [1.54, 1.807) is 6.07 Å². The number of carbonyl (C=O) groups is 2. The summed E-state index contributed by atoms with van der Waals surface area (Å²) in [5.74, 6) is 5.84. The Morgan fingerprint density at radius 3 is 2.55 bits per heavy atom. The number of imide groups is 1. The second-order valence-corrected chi connectivity index (χ2v) is 5.36. The molecule has 2 heterocycles. The SMILES string of the molecule is Cc1cc(NN)nc(CN2C(=O)C3CCCC3C2=O)n1. The first-order valence-corrected chi connectivity index (χ1v) is 6.76. The number of likely N-dealkylation sites (tertiary alicyclic amines) is 1. The topological polar surface area (TPSA) is 101 Å². The fourth-order valence-electron chi connectivity index (χ4n) is 3.13. The predicted molar refractivity (Wildman–Crippen MR) is 71.0 cm³/mol. The number of aryl methyl sites for hydroxylation is 1. The number of hydrazine groups is 1. The zero-order valence-corrected chi connectivity index (χ0v) is 11.3. The molecule has 20 heavy (non-hydrogen) atoms. The van der Waals surface area contributed by atoms with Crippen molar-refractivity contribution in [2.45, 2.75) is 32.7 Å². The monoisotopic (exact) mass is 275 g/mol. The van der Waals surface area contributed by atoms with E-state index < -0.39 is 0 Å². The van der Waals surface area contributed by atoms with Gasteiger partial charge in [0.1, 0.15) is 5.82 Å². The van der Waals surface area contributed by atoms with Gasteiger partial charge in [-0.3, -0.25) is 14.5 Å². The molecule has 0 aromatic carbocycles. The van der Waals surface area contributed by atoms with Crippen LogP contribution in [0.2, 0.25) is 0 Å². The second-order valence-electron chi connectivity index (χ2n) is 5.36. The standard InChI is InChI=1S/C13H17N5O2/c1-7-5-10(17-14)16-11(15-7)6-18-12(19)8-3-2-4-9(8)13(18)20/h5,8-9H,2-4,6,14H2,1H3,(H,15,16,17). The predicted octanol–water partition coefficient (Wildman–Crippen LogP) is 0.356. The molecule has 2 amide bonds. The first-order chi connectivity index (χ1) is 9.60. The smallest absolute Gasteiger partial charge is 0.233 e. The van der Waals surface area contributed by atoms with Crippen LogP contribution in [0.3, 0.4) is 0 Å². The molecule has 3 N–H and O–H groups in total. The van der Waals surface area contributed by atoms with Gasteiger partial charge >= 0.3 is 0 Å². The quantitative estimate of drug-likeness (QED) is 0.469. The normalized spacial score (nSPS) is 25.2. The molecule has 1 saturated carbocycles. The number of rotatable bonds is 3. The highest BCUT2D eigenvalue weighted by atomic mass is 16.2. The molecule has 2 atom stereocenters. The molecule has 7 heteroatoms. The summed E-state index contributed by atoms with van der Waals surface area (Å²) >= 11 is 0. The largest absolute Gasteiger partial charge is 0.308 e. The van der Waals surface area contributed by atoms with Gasteiger partial charge in [0.15, 0.2) is 5.82 Å². The summed E-state index contributed by atoms with van der Waals surface area (Å²) in [7, 11) is 0. The minimum absolute atomic E-state index is 0.0788. The van der Waals surface area contributed by atoms with E-state index in [0.717, 1.165) is 25.0 Å². The third-order valence-corrected chi connectivity index (χ3v) is 4.03. The van der Waals surface area contributed by atoms with E-state index in [0.29, 0.717) is 11.6 Å². The number of nitrogens with zero attached hydrogens (tertiary/aromatic N) is 3. The first kappa shape index (κ1) is 13.0. The fraction of sp³-hybridized carbons (Fsp3) is 0.538. The Balaban J connectivity index is 1.83. The van der Waals surface area contributed by atoms with Crippen molar-refractivity contribution in [2.75, 3.05) is 5.43 Å². The maximum atomic E-state index is 12.3. The van der Waals surface area contributed by atoms with Gasteiger partial charge in [0, 0.05) is 11.8 Å². The Labute approximate surface area is 116 Å². The Hall–Kier alpha value is -2.02. The van der Waals surface area contributed by atoms with Crippen LogP contribution in [0.25, 0.3) is 0 Å². The average Bonchev–Trinajstić information content (AvgIpc) is 2.98. The van der Waals surface area contributed by atoms with E-state index in [1.165, 1.54) is 4.90 Å². The van der Waals surface area contributed by atoms with Crippen molar-refractivity contribution in [3.05, 3.63) is 17.6 Å². The summed E-state index contributed by atoms with van der Waals surface area (Å²) in [6.07, 6.45) is 2.59. The van der Waals surface area contributed by atoms with Crippen LogP contribution >= 0.6 is 0 Å². The number of fused-ring (bicyclic) bond motifs is 1. The minimum atomic E-state index is -0.126. The molecule has 1 saturated heterocycles. The Bertz CT molecular complexity index is 552. The van der Waals surface area contributed by atoms with E-state index in [4.69, 9.17) is 5.84 Å². The number of carbonyl (C=O) groups excluding carboxylic acids is 2. The van der Waals surface area contributed by atoms with Crippen LogP contribution in [0.4, 0.5) is 5.82 Å². The number of amides is 2. The van der Waals surface area contributed by atoms with Crippen molar-refractivity contribution in [2.24, 2.45) is 17.7 Å². The Morgan fingerprint density at radius 2 is 1.95 bits per heavy atom. The summed E-state index contributed by atoms with van der Waals surface area (Å²) in [6, 6.07) is 1.70. The molecule has 0 spiro atoms. The summed E-state index contributed by atoms with van der Waals surface area (Å²) < 4.78 is 0. The summed E-state index contributed by atoms with van der Waals surface area (Å²) in [6.45, 7) is 1.94. The van der Waals surface area contributed by atoms with Crippen LogP contribution in [0.1, 0.15) is 30.8 Å². The fourth-order valence-corrected chi connectivity index (χ4v) is 3.13. The lowest BCUT2D eigenvalue weighted by molar-refractivity contribution is -0.141. The maximum Gasteiger partial charge on any atom is 0.233 e. The van der Waals surface area contributed by atoms with Crippen LogP contribution < -0.4 is 11.3 Å². The molecule has 2 unspecified atom stereocenters. The number of nitrogens with two attached hydrogens (primary N) is 1. The highest BCUT2D eigenvalue weighted by molar-refractivity contribution is 6.05. The number of hydrogen-bond acceptors (Lipinski definition) is 6. The van der Waals surface area contributed by atoms with Crippen molar-refractivity contribution >= 4 is 17.6 Å². The van der Waals surface area contributed by atoms with Crippen LogP contribution in [-0.2, 0) is 16.1 Å². The molecule has 1 aromatic rings. The number of aromatic nitrogens is 2. The molecular weight excluding hydrogens is 258 g/mol. The number of anilines is 1. The highest BCUT2D eigenvalue weighted by Gasteiger charge is 2.49. The van der Waals surface area contributed by atoms with Crippen LogP contribution in [0.15, 0.2) is 6.07 Å². The van der Waals surface area contributed by atoms with Gasteiger partial charge in [0.05, 0.1) is 18.4 Å². The lowest BCUT2D eigenvalue weighted by Crippen LogP contribution is -2.32. The third kappa shape index (κ3) is 2.03. The molecule has 7 nitrogen and oxygen atoms in total. The zero-order valence-electron chi connectivity index (χ0n) is 11.3. The van der Waals surface area contributed by atoms with Crippen molar-refractivity contribution in [1.29, 1.82) is 0 Å². The van der Waals surface area contributed by atoms with Crippen LogP contribution in [0.5, 0.6) is 0 Å². The summed E-state index contributed by atoms with van der Waals surface area (Å²) in [4.78, 5) is 34.2. The average molecular weight is 275 g/mol. The molecule has 2 fully saturated rings. The van der Waals surface area contributed by atoms with Crippen LogP contribution in [0, 0.1) is 18.8 Å². The number of hydrogen-bond donors (Lipinski definition) is 2. The number of nitrogen functional groups attached to an aromatic ring is 1. The van der Waals surface area contributed by atoms with Crippen molar-refractivity contribution < 1.29 is 9.59 Å². The number of nitrogens with one attached hydrogen (secondary N) is 1. The molecule has 106 valence electrons. The van der Waals surface area contributed by atoms with E-state index in [1.807, 2.05) is 6.92 Å². The minimum Gasteiger partial charge on any atom is -0.308 e. The Kier molecular flexibility index (Phi) is 3.13. The highest BCUT2D eigenvalue weighted by Crippen LogP contribution is 2.40. The molecule has 1 aliphatic heterocycles. The first-order valence-electron chi connectivity index (χ1n) is 6.76. The van der Waals surface area contributed by atoms with Gasteiger partial charge in [0.25, 0.3) is 0 Å². The molecule has 3 rings (SSSR count). The van der Waals surface area contributed by atoms with Gasteiger partial charge in [-0.25, -0.2) is 15.8 Å². The van der Waals surface area contributed by atoms with Gasteiger partial charge in [-0.2, -0.15) is 0 Å². The molecule has 1 aromatic heterocycles. The van der Waals surface area contributed by atoms with Crippen molar-refractivity contribution in [1.82, 2.24) is 14.9 Å². The third-order valence-electron chi connectivity index (χ3n) is 4.03. The molecule has 0 bridgehead atoms. The lowest BCUT2D eigenvalue weighted by atomic mass is 10.00. The van der Waals surface area contributed by atoms with Gasteiger partial charge in [-0.15, -0.1) is 0 Å². The van der Waals surface area contributed by atoms with E-state index in [9.17, 15) is 9.59 Å². The van der Waals surface area contributed by atoms with E-state index in [2.05, 4.69) is 15.4 Å². The molecule has 1 aliphatic carbocycles. The molecule has 2 aliphatic rings. The molecule has 0 radical (unpaired) electrons. The molecular formula is C13H17N5O2. The summed E-state index contributed by atoms with van der Waals surface area (Å²) in [5, 5.41) is 0. The zero-order chi connectivity index (χ0) is 14.3. The van der Waals surface area contributed by atoms with Gasteiger partial charge < -0.3 is 5.43 Å². The maximum absolute atomic E-state index is 12.3. The van der Waals surface area contributed by atoms with Gasteiger partial charge in [-0.1, -0.05) is 6.42 Å². The summed E-state index contributed by atoms with van der Waals surface area (Å²) in [5.41, 5.74) is 3.19. The van der Waals surface area contributed by atoms with Crippen LogP contribution in [-0.4, -0.2) is 26.7 Å². The Morgan fingerprint density at radius 1 is 1.30 bits per heavy atom. The van der Waals surface area contributed by atoms with Crippen molar-refractivity contribution in [3.63, 3.8) is 0 Å². The van der Waals surface area contributed by atoms with E-state index >= 15 is 0 Å². The van der Waals surface area contributed by atoms with Crippen molar-refractivity contribution in [3.8, 4) is 0 Å². The van der Waals surface area contributed by atoms with Gasteiger partial charge in [-0.05, 0) is 19.8 Å². The second kappa shape index (κ2) is 4.82.